The van der Waals surface area contributed by atoms with Crippen LogP contribution >= 0.6 is 24.0 Å². The van der Waals surface area contributed by atoms with E-state index in [1.54, 1.807) is 0 Å². The lowest BCUT2D eigenvalue weighted by atomic mass is 9.88. The number of hydrogen-bond acceptors (Lipinski definition) is 3. The minimum Gasteiger partial charge on any atom is -0.355 e. The van der Waals surface area contributed by atoms with Crippen molar-refractivity contribution in [3.05, 3.63) is 0 Å². The fourth-order valence-electron chi connectivity index (χ4n) is 4.93. The fourth-order valence-corrected chi connectivity index (χ4v) is 4.93. The summed E-state index contributed by atoms with van der Waals surface area (Å²) in [6.07, 6.45) is 10.8. The van der Waals surface area contributed by atoms with Crippen LogP contribution in [-0.2, 0) is 4.79 Å². The van der Waals surface area contributed by atoms with Gasteiger partial charge in [-0.25, -0.2) is 0 Å². The predicted molar refractivity (Wildman–Crippen MR) is 126 cm³/mol. The second kappa shape index (κ2) is 12.2. The minimum absolute atomic E-state index is 0. The van der Waals surface area contributed by atoms with Gasteiger partial charge < -0.3 is 15.5 Å². The maximum atomic E-state index is 12.7. The molecule has 0 radical (unpaired) electrons. The smallest absolute Gasteiger partial charge is 0.225 e. The van der Waals surface area contributed by atoms with Gasteiger partial charge >= 0.3 is 0 Å². The zero-order chi connectivity index (χ0) is 19.1. The molecule has 2 unspecified atom stereocenters. The van der Waals surface area contributed by atoms with Crippen molar-refractivity contribution in [3.63, 3.8) is 0 Å². The van der Waals surface area contributed by atoms with Gasteiger partial charge in [-0.3, -0.25) is 14.7 Å². The molecule has 6 nitrogen and oxygen atoms in total. The Morgan fingerprint density at radius 2 is 1.79 bits per heavy atom. The van der Waals surface area contributed by atoms with Gasteiger partial charge in [0.2, 0.25) is 5.91 Å². The van der Waals surface area contributed by atoms with E-state index in [9.17, 15) is 4.79 Å². The number of likely N-dealkylation sites (tertiary alicyclic amines) is 2. The monoisotopic (exact) mass is 505 g/mol. The first-order valence-electron chi connectivity index (χ1n) is 11.2. The Hall–Kier alpha value is -0.570. The molecule has 2 heterocycles. The van der Waals surface area contributed by atoms with Gasteiger partial charge in [-0.05, 0) is 51.6 Å². The second-order valence-corrected chi connectivity index (χ2v) is 8.51. The third kappa shape index (κ3) is 6.47. The number of guanidine groups is 1. The van der Waals surface area contributed by atoms with E-state index in [0.29, 0.717) is 18.0 Å². The number of nitrogens with zero attached hydrogens (tertiary/aromatic N) is 3. The first-order valence-corrected chi connectivity index (χ1v) is 11.2. The number of carbonyl (C=O) groups is 1. The Balaban J connectivity index is 0.00000280. The fraction of sp³-hybridized carbons (Fsp3) is 0.905. The molecule has 0 aromatic carbocycles. The predicted octanol–water partition coefficient (Wildman–Crippen LogP) is 2.83. The normalized spacial score (nSPS) is 25.4. The maximum absolute atomic E-state index is 12.7. The SMILES string of the molecule is CCC(CNC(=NC)NC1CCN(C(=O)C2CCCCC2)C1)N1CCCC1.I. The molecule has 0 aromatic heterocycles. The molecular formula is C21H40IN5O. The summed E-state index contributed by atoms with van der Waals surface area (Å²) >= 11 is 0. The molecule has 1 amide bonds. The molecule has 1 saturated carbocycles. The largest absolute Gasteiger partial charge is 0.355 e. The summed E-state index contributed by atoms with van der Waals surface area (Å²) in [6.45, 7) is 7.37. The Morgan fingerprint density at radius 3 is 2.43 bits per heavy atom. The first-order chi connectivity index (χ1) is 13.2. The number of amides is 1. The van der Waals surface area contributed by atoms with Crippen LogP contribution in [0.3, 0.4) is 0 Å². The van der Waals surface area contributed by atoms with Crippen molar-refractivity contribution in [1.82, 2.24) is 20.4 Å². The summed E-state index contributed by atoms with van der Waals surface area (Å²) in [7, 11) is 1.84. The molecule has 0 aromatic rings. The highest BCUT2D eigenvalue weighted by atomic mass is 127. The molecule has 162 valence electrons. The Labute approximate surface area is 188 Å². The molecular weight excluding hydrogens is 465 g/mol. The highest BCUT2D eigenvalue weighted by Crippen LogP contribution is 2.26. The van der Waals surface area contributed by atoms with E-state index in [0.717, 1.165) is 51.3 Å². The third-order valence-corrected chi connectivity index (χ3v) is 6.65. The van der Waals surface area contributed by atoms with Gasteiger partial charge in [-0.2, -0.15) is 0 Å². The van der Waals surface area contributed by atoms with Crippen molar-refractivity contribution >= 4 is 35.8 Å². The summed E-state index contributed by atoms with van der Waals surface area (Å²) in [5, 5.41) is 7.08. The summed E-state index contributed by atoms with van der Waals surface area (Å²) in [5.41, 5.74) is 0. The molecule has 2 saturated heterocycles. The average molecular weight is 505 g/mol. The van der Waals surface area contributed by atoms with Crippen molar-refractivity contribution < 1.29 is 4.79 Å². The topological polar surface area (TPSA) is 60.0 Å². The van der Waals surface area contributed by atoms with Crippen LogP contribution in [0.2, 0.25) is 0 Å². The Bertz CT molecular complexity index is 503. The molecule has 0 spiro atoms. The van der Waals surface area contributed by atoms with Gasteiger partial charge in [-0.1, -0.05) is 26.2 Å². The number of carbonyl (C=O) groups excluding carboxylic acids is 1. The van der Waals surface area contributed by atoms with Gasteiger partial charge in [-0.15, -0.1) is 24.0 Å². The Morgan fingerprint density at radius 1 is 1.07 bits per heavy atom. The average Bonchev–Trinajstić information content (AvgIpc) is 3.40. The first kappa shape index (κ1) is 23.7. The molecule has 2 N–H and O–H groups in total. The molecule has 0 bridgehead atoms. The summed E-state index contributed by atoms with van der Waals surface area (Å²) < 4.78 is 0. The van der Waals surface area contributed by atoms with Crippen molar-refractivity contribution in [2.24, 2.45) is 10.9 Å². The maximum Gasteiger partial charge on any atom is 0.225 e. The van der Waals surface area contributed by atoms with Gasteiger partial charge in [0.1, 0.15) is 0 Å². The van der Waals surface area contributed by atoms with E-state index in [-0.39, 0.29) is 29.9 Å². The van der Waals surface area contributed by atoms with Crippen LogP contribution in [0.4, 0.5) is 0 Å². The lowest BCUT2D eigenvalue weighted by Crippen LogP contribution is -2.49. The number of halogens is 1. The standard InChI is InChI=1S/C21H39N5O.HI/c1-3-19(25-12-7-8-13-25)15-23-21(22-2)24-18-11-14-26(16-18)20(27)17-9-5-4-6-10-17;/h17-19H,3-16H2,1-2H3,(H2,22,23,24);1H. The van der Waals surface area contributed by atoms with Gasteiger partial charge in [0.05, 0.1) is 0 Å². The molecule has 28 heavy (non-hydrogen) atoms. The minimum atomic E-state index is 0. The number of rotatable bonds is 6. The highest BCUT2D eigenvalue weighted by molar-refractivity contribution is 14.0. The van der Waals surface area contributed by atoms with Crippen LogP contribution in [-0.4, -0.2) is 73.5 Å². The quantitative estimate of drug-likeness (QED) is 0.331. The molecule has 2 atom stereocenters. The van der Waals surface area contributed by atoms with Crippen LogP contribution in [0, 0.1) is 5.92 Å². The molecule has 3 rings (SSSR count). The third-order valence-electron chi connectivity index (χ3n) is 6.65. The van der Waals surface area contributed by atoms with E-state index in [1.165, 1.54) is 45.2 Å². The lowest BCUT2D eigenvalue weighted by Gasteiger charge is -2.28. The number of nitrogens with one attached hydrogen (secondary N) is 2. The summed E-state index contributed by atoms with van der Waals surface area (Å²) in [6, 6.07) is 0.898. The van der Waals surface area contributed by atoms with Crippen LogP contribution in [0.5, 0.6) is 0 Å². The molecule has 2 aliphatic heterocycles. The van der Waals surface area contributed by atoms with E-state index in [1.807, 2.05) is 7.05 Å². The van der Waals surface area contributed by atoms with Crippen molar-refractivity contribution in [2.75, 3.05) is 39.8 Å². The van der Waals surface area contributed by atoms with E-state index in [2.05, 4.69) is 32.3 Å². The van der Waals surface area contributed by atoms with E-state index >= 15 is 0 Å². The van der Waals surface area contributed by atoms with Crippen LogP contribution < -0.4 is 10.6 Å². The van der Waals surface area contributed by atoms with Crippen LogP contribution in [0.15, 0.2) is 4.99 Å². The molecule has 1 aliphatic carbocycles. The Kier molecular flexibility index (Phi) is 10.3. The number of hydrogen-bond donors (Lipinski definition) is 2. The number of aliphatic imine (C=N–C) groups is 1. The van der Waals surface area contributed by atoms with Crippen LogP contribution in [0.1, 0.15) is 64.7 Å². The van der Waals surface area contributed by atoms with E-state index < -0.39 is 0 Å². The lowest BCUT2D eigenvalue weighted by molar-refractivity contribution is -0.135. The summed E-state index contributed by atoms with van der Waals surface area (Å²) in [4.78, 5) is 21.8. The second-order valence-electron chi connectivity index (χ2n) is 8.51. The zero-order valence-electron chi connectivity index (χ0n) is 17.8. The molecule has 7 heteroatoms. The summed E-state index contributed by atoms with van der Waals surface area (Å²) in [5.74, 6) is 1.55. The van der Waals surface area contributed by atoms with Crippen molar-refractivity contribution in [1.29, 1.82) is 0 Å². The molecule has 3 fully saturated rings. The van der Waals surface area contributed by atoms with E-state index in [4.69, 9.17) is 0 Å². The van der Waals surface area contributed by atoms with Crippen molar-refractivity contribution in [3.8, 4) is 0 Å². The van der Waals surface area contributed by atoms with Crippen molar-refractivity contribution in [2.45, 2.75) is 76.8 Å². The molecule has 3 aliphatic rings. The zero-order valence-corrected chi connectivity index (χ0v) is 20.1. The van der Waals surface area contributed by atoms with Crippen LogP contribution in [0.25, 0.3) is 0 Å². The highest BCUT2D eigenvalue weighted by Gasteiger charge is 2.32. The van der Waals surface area contributed by atoms with Gasteiger partial charge in [0.15, 0.2) is 5.96 Å². The van der Waals surface area contributed by atoms with Gasteiger partial charge in [0.25, 0.3) is 0 Å². The van der Waals surface area contributed by atoms with Gasteiger partial charge in [0, 0.05) is 44.7 Å².